The first-order valence-corrected chi connectivity index (χ1v) is 5.83. The summed E-state index contributed by atoms with van der Waals surface area (Å²) in [7, 11) is 0. The second-order valence-electron chi connectivity index (χ2n) is 3.58. The van der Waals surface area contributed by atoms with Crippen LogP contribution in [-0.4, -0.2) is 9.55 Å². The Labute approximate surface area is 110 Å². The Morgan fingerprint density at radius 1 is 1.29 bits per heavy atom. The number of hydrogen-bond acceptors (Lipinski definition) is 1. The van der Waals surface area contributed by atoms with Gasteiger partial charge in [-0.05, 0) is 47.7 Å². The summed E-state index contributed by atoms with van der Waals surface area (Å²) in [6, 6.07) is 4.22. The molecule has 0 saturated heterocycles. The van der Waals surface area contributed by atoms with E-state index in [1.165, 1.54) is 17.0 Å². The molecule has 0 unspecified atom stereocenters. The van der Waals surface area contributed by atoms with Crippen LogP contribution in [0.2, 0.25) is 0 Å². The molecule has 2 rings (SSSR count). The summed E-state index contributed by atoms with van der Waals surface area (Å²) in [5.41, 5.74) is 0.122. The van der Waals surface area contributed by atoms with Crippen molar-refractivity contribution < 1.29 is 13.2 Å². The lowest BCUT2D eigenvalue weighted by molar-refractivity contribution is -0.137. The fraction of sp³-hybridized carbons (Fsp3) is 0.182. The molecular weight excluding hydrogens is 344 g/mol. The Morgan fingerprint density at radius 3 is 2.53 bits per heavy atom. The van der Waals surface area contributed by atoms with Crippen LogP contribution in [0.1, 0.15) is 11.3 Å². The van der Waals surface area contributed by atoms with Crippen molar-refractivity contribution in [3.63, 3.8) is 0 Å². The van der Waals surface area contributed by atoms with Crippen LogP contribution in [0.25, 0.3) is 5.69 Å². The molecule has 0 radical (unpaired) electrons. The SMILES string of the molecule is Cc1cn(-c2ccc(I)cc2C(F)(F)F)cn1. The maximum Gasteiger partial charge on any atom is 0.418 e. The molecule has 0 aliphatic carbocycles. The van der Waals surface area contributed by atoms with E-state index in [9.17, 15) is 13.2 Å². The zero-order valence-corrected chi connectivity index (χ0v) is 11.0. The number of halogens is 4. The summed E-state index contributed by atoms with van der Waals surface area (Å²) >= 11 is 1.86. The van der Waals surface area contributed by atoms with Gasteiger partial charge in [0.2, 0.25) is 0 Å². The highest BCUT2D eigenvalue weighted by Crippen LogP contribution is 2.34. The monoisotopic (exact) mass is 352 g/mol. The standard InChI is InChI=1S/C11H8F3IN2/c1-7-5-17(6-16-7)10-3-2-8(15)4-9(10)11(12,13)14/h2-6H,1H3. The molecule has 1 aromatic carbocycles. The zero-order chi connectivity index (χ0) is 12.6. The van der Waals surface area contributed by atoms with Crippen molar-refractivity contribution in [3.8, 4) is 5.69 Å². The number of rotatable bonds is 1. The van der Waals surface area contributed by atoms with E-state index in [1.807, 2.05) is 22.6 Å². The van der Waals surface area contributed by atoms with Gasteiger partial charge in [0, 0.05) is 9.77 Å². The van der Waals surface area contributed by atoms with Gasteiger partial charge in [-0.25, -0.2) is 4.98 Å². The van der Waals surface area contributed by atoms with Gasteiger partial charge in [-0.2, -0.15) is 13.2 Å². The molecule has 17 heavy (non-hydrogen) atoms. The Bertz CT molecular complexity index is 546. The Balaban J connectivity index is 2.61. The minimum atomic E-state index is -4.37. The molecule has 0 fully saturated rings. The third kappa shape index (κ3) is 2.62. The van der Waals surface area contributed by atoms with Crippen molar-refractivity contribution in [3.05, 3.63) is 45.6 Å². The second kappa shape index (κ2) is 4.32. The summed E-state index contributed by atoms with van der Waals surface area (Å²) in [5.74, 6) is 0. The van der Waals surface area contributed by atoms with Gasteiger partial charge in [-0.3, -0.25) is 0 Å². The molecule has 0 amide bonds. The minimum absolute atomic E-state index is 0.0958. The molecular formula is C11H8F3IN2. The summed E-state index contributed by atoms with van der Waals surface area (Å²) in [6.07, 6.45) is -1.42. The molecule has 0 aliphatic heterocycles. The van der Waals surface area contributed by atoms with Crippen molar-refractivity contribution in [2.45, 2.75) is 13.1 Å². The van der Waals surface area contributed by atoms with E-state index in [1.54, 1.807) is 19.2 Å². The number of imidazole rings is 1. The fourth-order valence-corrected chi connectivity index (χ4v) is 2.00. The van der Waals surface area contributed by atoms with Gasteiger partial charge in [0.15, 0.2) is 0 Å². The van der Waals surface area contributed by atoms with Gasteiger partial charge in [0.05, 0.1) is 23.3 Å². The highest BCUT2D eigenvalue weighted by atomic mass is 127. The molecule has 90 valence electrons. The van der Waals surface area contributed by atoms with Crippen molar-refractivity contribution in [1.29, 1.82) is 0 Å². The van der Waals surface area contributed by atoms with Crippen LogP contribution in [0.15, 0.2) is 30.7 Å². The molecule has 0 atom stereocenters. The summed E-state index contributed by atoms with van der Waals surface area (Å²) in [4.78, 5) is 3.93. The third-order valence-corrected chi connectivity index (χ3v) is 2.92. The summed E-state index contributed by atoms with van der Waals surface area (Å²) < 4.78 is 40.6. The molecule has 6 heteroatoms. The quantitative estimate of drug-likeness (QED) is 0.714. The van der Waals surface area contributed by atoms with Crippen LogP contribution in [0.5, 0.6) is 0 Å². The van der Waals surface area contributed by atoms with Gasteiger partial charge < -0.3 is 4.57 Å². The molecule has 1 aromatic heterocycles. The number of alkyl halides is 3. The van der Waals surface area contributed by atoms with Crippen LogP contribution in [0.3, 0.4) is 0 Å². The molecule has 1 heterocycles. The van der Waals surface area contributed by atoms with Crippen molar-refractivity contribution >= 4 is 22.6 Å². The first-order valence-electron chi connectivity index (χ1n) is 4.75. The first-order chi connectivity index (χ1) is 7.88. The van der Waals surface area contributed by atoms with Gasteiger partial charge in [0.25, 0.3) is 0 Å². The predicted octanol–water partition coefficient (Wildman–Crippen LogP) is 3.80. The molecule has 0 bridgehead atoms. The minimum Gasteiger partial charge on any atom is -0.305 e. The third-order valence-electron chi connectivity index (χ3n) is 2.25. The van der Waals surface area contributed by atoms with Crippen molar-refractivity contribution in [1.82, 2.24) is 9.55 Å². The number of aromatic nitrogens is 2. The average molecular weight is 352 g/mol. The van der Waals surface area contributed by atoms with Gasteiger partial charge in [-0.1, -0.05) is 0 Å². The largest absolute Gasteiger partial charge is 0.418 e. The Hall–Kier alpha value is -1.05. The lowest BCUT2D eigenvalue weighted by Gasteiger charge is -2.13. The molecule has 0 N–H and O–H groups in total. The molecule has 2 aromatic rings. The van der Waals surface area contributed by atoms with Crippen LogP contribution >= 0.6 is 22.6 Å². The Kier molecular flexibility index (Phi) is 3.15. The highest BCUT2D eigenvalue weighted by molar-refractivity contribution is 14.1. The zero-order valence-electron chi connectivity index (χ0n) is 8.79. The lowest BCUT2D eigenvalue weighted by atomic mass is 10.1. The predicted molar refractivity (Wildman–Crippen MR) is 66.0 cm³/mol. The maximum atomic E-state index is 12.9. The van der Waals surface area contributed by atoms with E-state index in [2.05, 4.69) is 4.98 Å². The number of hydrogen-bond donors (Lipinski definition) is 0. The van der Waals surface area contributed by atoms with E-state index < -0.39 is 11.7 Å². The normalized spacial score (nSPS) is 11.8. The Morgan fingerprint density at radius 2 is 2.00 bits per heavy atom. The lowest BCUT2D eigenvalue weighted by Crippen LogP contribution is -2.10. The first kappa shape index (κ1) is 12.4. The maximum absolute atomic E-state index is 12.9. The van der Waals surface area contributed by atoms with Gasteiger partial charge in [0.1, 0.15) is 0 Å². The van der Waals surface area contributed by atoms with Crippen LogP contribution in [-0.2, 0) is 6.18 Å². The van der Waals surface area contributed by atoms with Crippen molar-refractivity contribution in [2.24, 2.45) is 0 Å². The van der Waals surface area contributed by atoms with E-state index in [-0.39, 0.29) is 5.69 Å². The van der Waals surface area contributed by atoms with E-state index in [4.69, 9.17) is 0 Å². The number of aryl methyl sites for hydroxylation is 1. The summed E-state index contributed by atoms with van der Waals surface area (Å²) in [6.45, 7) is 1.73. The molecule has 0 aliphatic rings. The van der Waals surface area contributed by atoms with E-state index >= 15 is 0 Å². The van der Waals surface area contributed by atoms with E-state index in [0.29, 0.717) is 9.26 Å². The van der Waals surface area contributed by atoms with Crippen LogP contribution in [0.4, 0.5) is 13.2 Å². The molecule has 0 spiro atoms. The number of nitrogens with zero attached hydrogens (tertiary/aromatic N) is 2. The van der Waals surface area contributed by atoms with Crippen LogP contribution < -0.4 is 0 Å². The topological polar surface area (TPSA) is 17.8 Å². The van der Waals surface area contributed by atoms with Gasteiger partial charge >= 0.3 is 6.18 Å². The number of benzene rings is 1. The smallest absolute Gasteiger partial charge is 0.305 e. The van der Waals surface area contributed by atoms with Crippen LogP contribution in [0, 0.1) is 10.5 Å². The molecule has 2 nitrogen and oxygen atoms in total. The van der Waals surface area contributed by atoms with Gasteiger partial charge in [-0.15, -0.1) is 0 Å². The fourth-order valence-electron chi connectivity index (χ4n) is 1.51. The van der Waals surface area contributed by atoms with E-state index in [0.717, 1.165) is 6.07 Å². The summed E-state index contributed by atoms with van der Waals surface area (Å²) in [5, 5.41) is 0. The van der Waals surface area contributed by atoms with Crippen molar-refractivity contribution in [2.75, 3.05) is 0 Å². The highest BCUT2D eigenvalue weighted by Gasteiger charge is 2.34. The average Bonchev–Trinajstić information content (AvgIpc) is 2.63. The molecule has 0 saturated carbocycles. The second-order valence-corrected chi connectivity index (χ2v) is 4.83.